The summed E-state index contributed by atoms with van der Waals surface area (Å²) in [5, 5.41) is 1.06. The van der Waals surface area contributed by atoms with Gasteiger partial charge in [-0.3, -0.25) is 0 Å². The average Bonchev–Trinajstić information content (AvgIpc) is 2.36. The van der Waals surface area contributed by atoms with E-state index in [4.69, 9.17) is 9.47 Å². The van der Waals surface area contributed by atoms with Crippen LogP contribution in [0.1, 0.15) is 24.5 Å². The third-order valence-electron chi connectivity index (χ3n) is 2.58. The molecule has 0 amide bonds. The highest BCUT2D eigenvalue weighted by atomic mass is 16.7. The zero-order valence-electron chi connectivity index (χ0n) is 10.3. The first-order valence-corrected chi connectivity index (χ1v) is 5.63. The van der Waals surface area contributed by atoms with Crippen molar-refractivity contribution in [3.8, 4) is 0 Å². The zero-order valence-corrected chi connectivity index (χ0v) is 10.3. The van der Waals surface area contributed by atoms with E-state index < -0.39 is 6.29 Å². The Kier molecular flexibility index (Phi) is 3.66. The molecule has 0 aliphatic carbocycles. The monoisotopic (exact) mass is 232 g/mol. The van der Waals surface area contributed by atoms with Gasteiger partial charge in [0.05, 0.1) is 5.69 Å². The predicted molar refractivity (Wildman–Crippen MR) is 65.7 cm³/mol. The lowest BCUT2D eigenvalue weighted by atomic mass is 10.1. The number of aromatic nitrogens is 2. The number of hydrogen-bond acceptors (Lipinski definition) is 4. The molecule has 0 fully saturated rings. The number of rotatable bonds is 4. The van der Waals surface area contributed by atoms with Gasteiger partial charge in [-0.05, 0) is 37.6 Å². The summed E-state index contributed by atoms with van der Waals surface area (Å²) in [6, 6.07) is 5.90. The summed E-state index contributed by atoms with van der Waals surface area (Å²) in [6.07, 6.45) is 1.31. The molecule has 0 aliphatic rings. The molecule has 0 aliphatic heterocycles. The van der Waals surface area contributed by atoms with Gasteiger partial charge in [0.25, 0.3) is 0 Å². The van der Waals surface area contributed by atoms with Crippen LogP contribution in [-0.2, 0) is 9.47 Å². The van der Waals surface area contributed by atoms with Crippen LogP contribution in [0.3, 0.4) is 0 Å². The van der Waals surface area contributed by atoms with Gasteiger partial charge in [-0.15, -0.1) is 0 Å². The van der Waals surface area contributed by atoms with Gasteiger partial charge in [-0.1, -0.05) is 0 Å². The summed E-state index contributed by atoms with van der Waals surface area (Å²) in [5.41, 5.74) is 2.61. The van der Waals surface area contributed by atoms with Crippen LogP contribution in [0.2, 0.25) is 0 Å². The molecule has 0 aromatic carbocycles. The van der Waals surface area contributed by atoms with Crippen LogP contribution in [0.25, 0.3) is 11.0 Å². The second-order valence-electron chi connectivity index (χ2n) is 3.76. The Balaban J connectivity index is 2.48. The van der Waals surface area contributed by atoms with Gasteiger partial charge in [-0.2, -0.15) is 0 Å². The number of hydrogen-bond donors (Lipinski definition) is 0. The van der Waals surface area contributed by atoms with E-state index in [1.54, 1.807) is 13.3 Å². The normalized spacial score (nSPS) is 12.9. The maximum atomic E-state index is 5.47. The minimum absolute atomic E-state index is 0.426. The van der Waals surface area contributed by atoms with Crippen molar-refractivity contribution < 1.29 is 9.47 Å². The number of fused-ring (bicyclic) bond motifs is 1. The fraction of sp³-hybridized carbons (Fsp3) is 0.385. The van der Waals surface area contributed by atoms with Gasteiger partial charge < -0.3 is 9.47 Å². The van der Waals surface area contributed by atoms with Crippen LogP contribution < -0.4 is 0 Å². The van der Waals surface area contributed by atoms with Gasteiger partial charge in [0.1, 0.15) is 0 Å². The molecule has 0 spiro atoms. The Morgan fingerprint density at radius 3 is 2.94 bits per heavy atom. The Morgan fingerprint density at radius 2 is 2.24 bits per heavy atom. The molecule has 0 bridgehead atoms. The zero-order chi connectivity index (χ0) is 12.3. The highest BCUT2D eigenvalue weighted by molar-refractivity contribution is 5.78. The first-order valence-electron chi connectivity index (χ1n) is 5.63. The van der Waals surface area contributed by atoms with Crippen LogP contribution in [-0.4, -0.2) is 23.7 Å². The third kappa shape index (κ3) is 2.43. The lowest BCUT2D eigenvalue weighted by molar-refractivity contribution is -0.126. The molecule has 0 saturated carbocycles. The fourth-order valence-corrected chi connectivity index (χ4v) is 1.79. The molecule has 2 rings (SSSR count). The van der Waals surface area contributed by atoms with Crippen LogP contribution in [0.4, 0.5) is 0 Å². The second kappa shape index (κ2) is 5.21. The topological polar surface area (TPSA) is 44.2 Å². The lowest BCUT2D eigenvalue weighted by Crippen LogP contribution is -2.09. The Labute approximate surface area is 101 Å². The highest BCUT2D eigenvalue weighted by Crippen LogP contribution is 2.21. The molecule has 0 N–H and O–H groups in total. The minimum Gasteiger partial charge on any atom is -0.350 e. The van der Waals surface area contributed by atoms with Gasteiger partial charge in [0.15, 0.2) is 5.65 Å². The van der Waals surface area contributed by atoms with E-state index in [1.807, 2.05) is 32.0 Å². The van der Waals surface area contributed by atoms with Crippen molar-refractivity contribution in [3.63, 3.8) is 0 Å². The molecule has 2 aromatic heterocycles. The van der Waals surface area contributed by atoms with E-state index >= 15 is 0 Å². The number of nitrogens with zero attached hydrogens (tertiary/aromatic N) is 2. The standard InChI is InChI=1S/C13H16N2O2/c1-4-17-13(16-3)11-8-9(2)10-6-5-7-14-12(10)15-11/h5-8,13H,4H2,1-3H3. The van der Waals surface area contributed by atoms with E-state index in [0.29, 0.717) is 6.61 Å². The molecule has 4 heteroatoms. The van der Waals surface area contributed by atoms with Gasteiger partial charge >= 0.3 is 0 Å². The van der Waals surface area contributed by atoms with Gasteiger partial charge in [0, 0.05) is 25.3 Å². The van der Waals surface area contributed by atoms with E-state index in [2.05, 4.69) is 9.97 Å². The van der Waals surface area contributed by atoms with E-state index in [0.717, 1.165) is 22.3 Å². The molecule has 2 heterocycles. The molecule has 4 nitrogen and oxygen atoms in total. The molecule has 90 valence electrons. The van der Waals surface area contributed by atoms with Crippen LogP contribution in [0.5, 0.6) is 0 Å². The predicted octanol–water partition coefficient (Wildman–Crippen LogP) is 2.62. The number of ether oxygens (including phenoxy) is 2. The summed E-state index contributed by atoms with van der Waals surface area (Å²) in [5.74, 6) is 0. The maximum absolute atomic E-state index is 5.47. The van der Waals surface area contributed by atoms with Crippen molar-refractivity contribution in [2.45, 2.75) is 20.1 Å². The van der Waals surface area contributed by atoms with E-state index in [9.17, 15) is 0 Å². The highest BCUT2D eigenvalue weighted by Gasteiger charge is 2.13. The molecule has 0 radical (unpaired) electrons. The second-order valence-corrected chi connectivity index (χ2v) is 3.76. The molecule has 2 aromatic rings. The smallest absolute Gasteiger partial charge is 0.200 e. The molecular weight excluding hydrogens is 216 g/mol. The molecule has 1 atom stereocenters. The summed E-state index contributed by atoms with van der Waals surface area (Å²) >= 11 is 0. The maximum Gasteiger partial charge on any atom is 0.200 e. The number of methoxy groups -OCH3 is 1. The van der Waals surface area contributed by atoms with Crippen molar-refractivity contribution in [3.05, 3.63) is 35.7 Å². The van der Waals surface area contributed by atoms with Crippen molar-refractivity contribution in [1.82, 2.24) is 9.97 Å². The van der Waals surface area contributed by atoms with Crippen molar-refractivity contribution in [1.29, 1.82) is 0 Å². The van der Waals surface area contributed by atoms with Gasteiger partial charge in [0.2, 0.25) is 6.29 Å². The Hall–Kier alpha value is -1.52. The van der Waals surface area contributed by atoms with Crippen LogP contribution in [0.15, 0.2) is 24.4 Å². The van der Waals surface area contributed by atoms with E-state index in [1.165, 1.54) is 0 Å². The van der Waals surface area contributed by atoms with Crippen LogP contribution in [0, 0.1) is 6.92 Å². The first kappa shape index (κ1) is 12.0. The summed E-state index contributed by atoms with van der Waals surface area (Å²) in [6.45, 7) is 4.55. The lowest BCUT2D eigenvalue weighted by Gasteiger charge is -2.15. The molecule has 1 unspecified atom stereocenters. The van der Waals surface area contributed by atoms with E-state index in [-0.39, 0.29) is 0 Å². The summed E-state index contributed by atoms with van der Waals surface area (Å²) in [7, 11) is 1.61. The average molecular weight is 232 g/mol. The Bertz CT molecular complexity index is 514. The molecule has 17 heavy (non-hydrogen) atoms. The van der Waals surface area contributed by atoms with Crippen molar-refractivity contribution in [2.24, 2.45) is 0 Å². The van der Waals surface area contributed by atoms with Crippen LogP contribution >= 0.6 is 0 Å². The largest absolute Gasteiger partial charge is 0.350 e. The quantitative estimate of drug-likeness (QED) is 0.760. The summed E-state index contributed by atoms with van der Waals surface area (Å²) in [4.78, 5) is 8.72. The Morgan fingerprint density at radius 1 is 1.41 bits per heavy atom. The summed E-state index contributed by atoms with van der Waals surface area (Å²) < 4.78 is 10.7. The number of pyridine rings is 2. The number of aryl methyl sites for hydroxylation is 1. The fourth-order valence-electron chi connectivity index (χ4n) is 1.79. The third-order valence-corrected chi connectivity index (χ3v) is 2.58. The minimum atomic E-state index is -0.426. The molecule has 0 saturated heterocycles. The first-order chi connectivity index (χ1) is 8.26. The SMILES string of the molecule is CCOC(OC)c1cc(C)c2cccnc2n1. The molecular formula is C13H16N2O2. The van der Waals surface area contributed by atoms with Crippen molar-refractivity contribution in [2.75, 3.05) is 13.7 Å². The van der Waals surface area contributed by atoms with Gasteiger partial charge in [-0.25, -0.2) is 9.97 Å². The van der Waals surface area contributed by atoms with Crippen molar-refractivity contribution >= 4 is 11.0 Å².